The molecule has 2 aromatic rings. The van der Waals surface area contributed by atoms with Crippen LogP contribution in [0.4, 0.5) is 11.4 Å². The molecule has 0 unspecified atom stereocenters. The van der Waals surface area contributed by atoms with Crippen LogP contribution in [-0.4, -0.2) is 11.2 Å². The number of hydrogen-bond donors (Lipinski definition) is 2. The van der Waals surface area contributed by atoms with E-state index in [1.807, 2.05) is 42.7 Å². The van der Waals surface area contributed by atoms with Gasteiger partial charge in [-0.15, -0.1) is 11.8 Å². The Labute approximate surface area is 146 Å². The summed E-state index contributed by atoms with van der Waals surface area (Å²) in [7, 11) is 0. The Bertz CT molecular complexity index is 662. The monoisotopic (exact) mass is 434 g/mol. The fourth-order valence-electron chi connectivity index (χ4n) is 1.80. The number of halogens is 2. The predicted molar refractivity (Wildman–Crippen MR) is 102 cm³/mol. The minimum atomic E-state index is 0.374. The van der Waals surface area contributed by atoms with Gasteiger partial charge in [0, 0.05) is 19.7 Å². The summed E-state index contributed by atoms with van der Waals surface area (Å²) in [5, 5.41) is 3.97. The average molecular weight is 435 g/mol. The van der Waals surface area contributed by atoms with E-state index in [1.165, 1.54) is 0 Å². The molecule has 0 aliphatic carbocycles. The first-order chi connectivity index (χ1) is 9.52. The zero-order valence-corrected chi connectivity index (χ0v) is 15.2. The van der Waals surface area contributed by atoms with Crippen molar-refractivity contribution in [2.24, 2.45) is 5.73 Å². The number of nitrogens with one attached hydrogen (secondary N) is 1. The van der Waals surface area contributed by atoms with E-state index < -0.39 is 0 Å². The van der Waals surface area contributed by atoms with Gasteiger partial charge in [-0.2, -0.15) is 0 Å². The van der Waals surface area contributed by atoms with Crippen molar-refractivity contribution in [3.8, 4) is 0 Å². The third kappa shape index (κ3) is 3.58. The van der Waals surface area contributed by atoms with Gasteiger partial charge < -0.3 is 11.1 Å². The lowest BCUT2D eigenvalue weighted by molar-refractivity contribution is 1.39. The highest BCUT2D eigenvalue weighted by Gasteiger charge is 2.12. The van der Waals surface area contributed by atoms with Gasteiger partial charge in [0.05, 0.1) is 10.7 Å². The lowest BCUT2D eigenvalue weighted by Crippen LogP contribution is -2.13. The van der Waals surface area contributed by atoms with E-state index in [-0.39, 0.29) is 0 Å². The van der Waals surface area contributed by atoms with E-state index in [9.17, 15) is 0 Å². The van der Waals surface area contributed by atoms with Gasteiger partial charge in [0.1, 0.15) is 4.99 Å². The molecule has 0 spiro atoms. The van der Waals surface area contributed by atoms with Crippen LogP contribution in [0.2, 0.25) is 5.02 Å². The van der Waals surface area contributed by atoms with Crippen LogP contribution in [-0.2, 0) is 0 Å². The van der Waals surface area contributed by atoms with Crippen LogP contribution >= 0.6 is 58.2 Å². The SMILES string of the molecule is CSc1cccc(Nc2ccc(I)cc2Cl)c1C(N)=S. The molecule has 20 heavy (non-hydrogen) atoms. The van der Waals surface area contributed by atoms with Crippen molar-refractivity contribution >= 4 is 74.5 Å². The maximum atomic E-state index is 6.25. The summed E-state index contributed by atoms with van der Waals surface area (Å²) in [6, 6.07) is 11.8. The second-order valence-electron chi connectivity index (χ2n) is 4.00. The largest absolute Gasteiger partial charge is 0.389 e. The number of hydrogen-bond acceptors (Lipinski definition) is 3. The topological polar surface area (TPSA) is 38.0 Å². The normalized spacial score (nSPS) is 10.3. The zero-order chi connectivity index (χ0) is 14.7. The Hall–Kier alpha value is -0.500. The number of thioether (sulfide) groups is 1. The Kier molecular flexibility index (Phi) is 5.54. The molecule has 0 saturated heterocycles. The minimum Gasteiger partial charge on any atom is -0.389 e. The molecule has 2 aromatic carbocycles. The zero-order valence-electron chi connectivity index (χ0n) is 10.6. The Balaban J connectivity index is 2.45. The van der Waals surface area contributed by atoms with Crippen LogP contribution in [0.15, 0.2) is 41.3 Å². The fraction of sp³-hybridized carbons (Fsp3) is 0.0714. The highest BCUT2D eigenvalue weighted by Crippen LogP contribution is 2.32. The van der Waals surface area contributed by atoms with Crippen molar-refractivity contribution in [3.05, 3.63) is 50.6 Å². The van der Waals surface area contributed by atoms with Crippen molar-refractivity contribution in [1.82, 2.24) is 0 Å². The Morgan fingerprint density at radius 2 is 2.05 bits per heavy atom. The fourth-order valence-corrected chi connectivity index (χ4v) is 3.62. The highest BCUT2D eigenvalue weighted by atomic mass is 127. The highest BCUT2D eigenvalue weighted by molar-refractivity contribution is 14.1. The van der Waals surface area contributed by atoms with Crippen LogP contribution in [0.5, 0.6) is 0 Å². The van der Waals surface area contributed by atoms with E-state index in [2.05, 4.69) is 27.9 Å². The molecule has 3 N–H and O–H groups in total. The van der Waals surface area contributed by atoms with Gasteiger partial charge in [0.25, 0.3) is 0 Å². The molecule has 0 bridgehead atoms. The first kappa shape index (κ1) is 15.9. The summed E-state index contributed by atoms with van der Waals surface area (Å²) < 4.78 is 1.09. The Morgan fingerprint density at radius 1 is 1.30 bits per heavy atom. The minimum absolute atomic E-state index is 0.374. The second-order valence-corrected chi connectivity index (χ2v) is 6.94. The van der Waals surface area contributed by atoms with Gasteiger partial charge in [-0.05, 0) is 59.2 Å². The van der Waals surface area contributed by atoms with Gasteiger partial charge in [-0.25, -0.2) is 0 Å². The summed E-state index contributed by atoms with van der Waals surface area (Å²) in [6.45, 7) is 0. The molecule has 6 heteroatoms. The van der Waals surface area contributed by atoms with Gasteiger partial charge in [0.2, 0.25) is 0 Å². The van der Waals surface area contributed by atoms with Gasteiger partial charge >= 0.3 is 0 Å². The van der Waals surface area contributed by atoms with Crippen LogP contribution < -0.4 is 11.1 Å². The third-order valence-corrected chi connectivity index (χ3v) is 4.66. The molecular weight excluding hydrogens is 423 g/mol. The summed E-state index contributed by atoms with van der Waals surface area (Å²) in [6.07, 6.45) is 2.00. The first-order valence-electron chi connectivity index (χ1n) is 5.72. The molecule has 0 heterocycles. The molecule has 0 radical (unpaired) electrons. The summed E-state index contributed by atoms with van der Waals surface area (Å²) in [5.41, 5.74) is 8.41. The molecule has 2 rings (SSSR count). The number of rotatable bonds is 4. The lowest BCUT2D eigenvalue weighted by Gasteiger charge is -2.15. The van der Waals surface area contributed by atoms with E-state index >= 15 is 0 Å². The summed E-state index contributed by atoms with van der Waals surface area (Å²) >= 11 is 15.3. The smallest absolute Gasteiger partial charge is 0.107 e. The molecule has 0 fully saturated rings. The molecule has 104 valence electrons. The molecule has 0 atom stereocenters. The molecule has 0 aromatic heterocycles. The molecule has 0 saturated carbocycles. The quantitative estimate of drug-likeness (QED) is 0.401. The molecule has 2 nitrogen and oxygen atoms in total. The van der Waals surface area contributed by atoms with Crippen molar-refractivity contribution in [2.45, 2.75) is 4.90 Å². The molecular formula is C14H12ClIN2S2. The maximum absolute atomic E-state index is 6.25. The molecule has 0 aliphatic rings. The number of thiocarbonyl (C=S) groups is 1. The number of nitrogens with two attached hydrogens (primary N) is 1. The summed E-state index contributed by atoms with van der Waals surface area (Å²) in [4.78, 5) is 1.42. The number of benzene rings is 2. The van der Waals surface area contributed by atoms with Crippen molar-refractivity contribution < 1.29 is 0 Å². The van der Waals surface area contributed by atoms with E-state index in [1.54, 1.807) is 11.8 Å². The maximum Gasteiger partial charge on any atom is 0.107 e. The standard InChI is InChI=1S/C14H12ClIN2S2/c1-20-12-4-2-3-11(13(12)14(17)19)18-10-6-5-8(16)7-9(10)15/h2-7,18H,1H3,(H2,17,19). The van der Waals surface area contributed by atoms with Gasteiger partial charge in [-0.3, -0.25) is 0 Å². The molecule has 0 aliphatic heterocycles. The average Bonchev–Trinajstić information content (AvgIpc) is 2.41. The van der Waals surface area contributed by atoms with Crippen LogP contribution in [0.25, 0.3) is 0 Å². The van der Waals surface area contributed by atoms with E-state index in [0.29, 0.717) is 10.0 Å². The molecule has 0 amide bonds. The van der Waals surface area contributed by atoms with E-state index in [0.717, 1.165) is 25.4 Å². The van der Waals surface area contributed by atoms with Gasteiger partial charge in [0.15, 0.2) is 0 Å². The van der Waals surface area contributed by atoms with Gasteiger partial charge in [-0.1, -0.05) is 29.9 Å². The van der Waals surface area contributed by atoms with E-state index in [4.69, 9.17) is 29.6 Å². The second kappa shape index (κ2) is 6.98. The summed E-state index contributed by atoms with van der Waals surface area (Å²) in [5.74, 6) is 0. The van der Waals surface area contributed by atoms with Crippen LogP contribution in [0.3, 0.4) is 0 Å². The Morgan fingerprint density at radius 3 is 2.65 bits per heavy atom. The van der Waals surface area contributed by atoms with Crippen LogP contribution in [0.1, 0.15) is 5.56 Å². The van der Waals surface area contributed by atoms with Crippen molar-refractivity contribution in [1.29, 1.82) is 0 Å². The van der Waals surface area contributed by atoms with Crippen molar-refractivity contribution in [3.63, 3.8) is 0 Å². The number of anilines is 2. The first-order valence-corrected chi connectivity index (χ1v) is 8.80. The third-order valence-electron chi connectivity index (χ3n) is 2.69. The lowest BCUT2D eigenvalue weighted by atomic mass is 10.1. The van der Waals surface area contributed by atoms with Crippen molar-refractivity contribution in [2.75, 3.05) is 11.6 Å². The predicted octanol–water partition coefficient (Wildman–Crippen LogP) is 5.04. The van der Waals surface area contributed by atoms with Crippen LogP contribution in [0, 0.1) is 3.57 Å².